The van der Waals surface area contributed by atoms with Crippen molar-refractivity contribution in [1.29, 1.82) is 21.0 Å². The third kappa shape index (κ3) is 24900. The second-order valence-corrected chi connectivity index (χ2v) is 0. The molecule has 0 rings (SSSR count). The van der Waals surface area contributed by atoms with E-state index < -0.39 is 0 Å². The average molecular weight is 387 g/mol. The van der Waals surface area contributed by atoms with E-state index in [1.165, 1.54) is 0 Å². The quantitative estimate of drug-likeness (QED) is 0.432. The monoisotopic (exact) mass is 387 g/mol. The minimum absolute atomic E-state index is 0. The van der Waals surface area contributed by atoms with Gasteiger partial charge in [-0.1, -0.05) is 0 Å². The van der Waals surface area contributed by atoms with Gasteiger partial charge >= 0.3 is 66.5 Å². The standard InChI is InChI=1S/4CN.Pt.Sr/c4*1-2;;/q4*-1;2*+2. The van der Waals surface area contributed by atoms with Gasteiger partial charge in [-0.3, -0.25) is 0 Å². The first-order valence-corrected chi connectivity index (χ1v) is 0.894. The van der Waals surface area contributed by atoms with Gasteiger partial charge in [-0.15, -0.1) is 0 Å². The van der Waals surface area contributed by atoms with Crippen LogP contribution >= 0.6 is 0 Å². The molecule has 0 spiro atoms. The van der Waals surface area contributed by atoms with Crippen molar-refractivity contribution in [2.24, 2.45) is 0 Å². The van der Waals surface area contributed by atoms with Crippen LogP contribution in [0.2, 0.25) is 0 Å². The Bertz CT molecular complexity index is 60.2. The second kappa shape index (κ2) is 36300. The Labute approximate surface area is 112 Å². The zero-order valence-electron chi connectivity index (χ0n) is 4.81. The van der Waals surface area contributed by atoms with Crippen LogP contribution in [-0.4, -0.2) is 45.5 Å². The van der Waals surface area contributed by atoms with Gasteiger partial charge in [0.15, 0.2) is 0 Å². The van der Waals surface area contributed by atoms with Gasteiger partial charge in [-0.25, -0.2) is 0 Å². The molecule has 0 saturated carbocycles. The topological polar surface area (TPSA) is 95.2 Å². The molecule has 0 aromatic heterocycles. The van der Waals surface area contributed by atoms with Gasteiger partial charge in [0.25, 0.3) is 0 Å². The minimum atomic E-state index is 0. The molecule has 0 aliphatic rings. The van der Waals surface area contributed by atoms with E-state index in [-0.39, 0.29) is 66.5 Å². The SMILES string of the molecule is [C-]#N.[C-]#N.[C-]#N.[C-]#N.[Pt+2].[Sr+2]. The largest absolute Gasteiger partial charge is 2.00 e. The molecule has 48 valence electrons. The maximum absolute atomic E-state index is 6.25. The van der Waals surface area contributed by atoms with Gasteiger partial charge in [-0.2, -0.15) is 0 Å². The first kappa shape index (κ1) is 49.5. The van der Waals surface area contributed by atoms with Gasteiger partial charge < -0.3 is 47.3 Å². The summed E-state index contributed by atoms with van der Waals surface area (Å²) >= 11 is 0. The Morgan fingerprint density at radius 3 is 0.500 bits per heavy atom. The summed E-state index contributed by atoms with van der Waals surface area (Å²) in [5.74, 6) is 0. The normalized spacial score (nSPS) is 0.800. The van der Waals surface area contributed by atoms with Crippen molar-refractivity contribution >= 4 is 45.5 Å². The first-order valence-electron chi connectivity index (χ1n) is 0.894. The molecule has 10 heavy (non-hydrogen) atoms. The van der Waals surface area contributed by atoms with Crippen LogP contribution in [0.25, 0.3) is 0 Å². The Morgan fingerprint density at radius 2 is 0.500 bits per heavy atom. The molecular formula is C4N4PtSr. The van der Waals surface area contributed by atoms with E-state index in [4.69, 9.17) is 47.3 Å². The molecule has 0 heterocycles. The molecule has 0 aromatic rings. The average Bonchev–Trinajstić information content (AvgIpc) is 2.03. The molecular weight excluding hydrogens is 387 g/mol. The molecule has 0 amide bonds. The number of hydrogen-bond donors (Lipinski definition) is 0. The zero-order chi connectivity index (χ0) is 8.00. The third-order valence-corrected chi connectivity index (χ3v) is 0. The number of nitrogens with zero attached hydrogens (tertiary/aromatic N) is 4. The van der Waals surface area contributed by atoms with Gasteiger partial charge in [0.1, 0.15) is 0 Å². The van der Waals surface area contributed by atoms with Crippen molar-refractivity contribution in [3.8, 4) is 0 Å². The van der Waals surface area contributed by atoms with Crippen LogP contribution in [0.15, 0.2) is 0 Å². The van der Waals surface area contributed by atoms with E-state index in [0.717, 1.165) is 0 Å². The Morgan fingerprint density at radius 1 is 0.500 bits per heavy atom. The van der Waals surface area contributed by atoms with E-state index in [1.54, 1.807) is 0 Å². The predicted octanol–water partition coefficient (Wildman–Crippen LogP) is 0.00218. The van der Waals surface area contributed by atoms with Crippen LogP contribution in [0.1, 0.15) is 0 Å². The fourth-order valence-electron chi connectivity index (χ4n) is 0. The third-order valence-electron chi connectivity index (χ3n) is 0. The van der Waals surface area contributed by atoms with Crippen LogP contribution in [-0.2, 0) is 21.1 Å². The van der Waals surface area contributed by atoms with Crippen LogP contribution in [0.5, 0.6) is 0 Å². The molecule has 0 unspecified atom stereocenters. The summed E-state index contributed by atoms with van der Waals surface area (Å²) in [6.45, 7) is 19.0. The molecule has 4 nitrogen and oxygen atoms in total. The van der Waals surface area contributed by atoms with E-state index in [1.807, 2.05) is 0 Å². The van der Waals surface area contributed by atoms with E-state index in [0.29, 0.717) is 0 Å². The van der Waals surface area contributed by atoms with E-state index >= 15 is 0 Å². The predicted molar refractivity (Wildman–Crippen MR) is 25.6 cm³/mol. The van der Waals surface area contributed by atoms with Crippen molar-refractivity contribution in [2.75, 3.05) is 0 Å². The summed E-state index contributed by atoms with van der Waals surface area (Å²) in [6.07, 6.45) is 0. The fraction of sp³-hybridized carbons (Fsp3) is 0. The van der Waals surface area contributed by atoms with Gasteiger partial charge in [-0.05, 0) is 0 Å². The summed E-state index contributed by atoms with van der Waals surface area (Å²) in [5.41, 5.74) is 0. The number of hydrogen-bond acceptors (Lipinski definition) is 4. The molecule has 0 radical (unpaired) electrons. The molecule has 0 fully saturated rings. The van der Waals surface area contributed by atoms with Crippen molar-refractivity contribution in [3.05, 3.63) is 26.3 Å². The minimum Gasteiger partial charge on any atom is -0.512 e. The fourth-order valence-corrected chi connectivity index (χ4v) is 0. The zero-order valence-corrected chi connectivity index (χ0v) is 10.6. The molecule has 0 saturated heterocycles. The summed E-state index contributed by atoms with van der Waals surface area (Å²) in [5, 5.41) is 25.0. The summed E-state index contributed by atoms with van der Waals surface area (Å²) in [7, 11) is 0. The molecule has 6 heteroatoms. The van der Waals surface area contributed by atoms with Crippen LogP contribution in [0.3, 0.4) is 0 Å². The Hall–Kier alpha value is 0.129. The smallest absolute Gasteiger partial charge is 0.512 e. The molecule has 0 aliphatic carbocycles. The molecule has 0 aromatic carbocycles. The van der Waals surface area contributed by atoms with Gasteiger partial charge in [0.05, 0.1) is 0 Å². The van der Waals surface area contributed by atoms with Crippen LogP contribution in [0.4, 0.5) is 0 Å². The van der Waals surface area contributed by atoms with Gasteiger partial charge in [0, 0.05) is 0 Å². The van der Waals surface area contributed by atoms with Gasteiger partial charge in [0.2, 0.25) is 0 Å². The number of rotatable bonds is 0. The van der Waals surface area contributed by atoms with Crippen LogP contribution < -0.4 is 0 Å². The second-order valence-electron chi connectivity index (χ2n) is 0. The van der Waals surface area contributed by atoms with E-state index in [2.05, 4.69) is 0 Å². The van der Waals surface area contributed by atoms with Crippen molar-refractivity contribution < 1.29 is 21.1 Å². The molecule has 0 N–H and O–H groups in total. The molecule has 0 atom stereocenters. The van der Waals surface area contributed by atoms with Crippen molar-refractivity contribution in [2.45, 2.75) is 0 Å². The maximum atomic E-state index is 6.25. The molecule has 0 bridgehead atoms. The van der Waals surface area contributed by atoms with Crippen molar-refractivity contribution in [1.82, 2.24) is 0 Å². The Balaban J connectivity index is -0.00000000500. The Kier molecular flexibility index (Phi) is 180000. The summed E-state index contributed by atoms with van der Waals surface area (Å²) in [4.78, 5) is 0. The summed E-state index contributed by atoms with van der Waals surface area (Å²) < 4.78 is 0. The molecule has 0 aliphatic heterocycles. The first-order chi connectivity index (χ1) is 4.00. The van der Waals surface area contributed by atoms with Crippen molar-refractivity contribution in [3.63, 3.8) is 0 Å². The van der Waals surface area contributed by atoms with E-state index in [9.17, 15) is 0 Å². The summed E-state index contributed by atoms with van der Waals surface area (Å²) in [6, 6.07) is 0. The van der Waals surface area contributed by atoms with Crippen LogP contribution in [0, 0.1) is 47.3 Å². The maximum Gasteiger partial charge on any atom is 2.00 e.